The van der Waals surface area contributed by atoms with Crippen molar-refractivity contribution in [2.24, 2.45) is 0 Å². The van der Waals surface area contributed by atoms with Crippen LogP contribution < -0.4 is 5.32 Å². The van der Waals surface area contributed by atoms with E-state index < -0.39 is 0 Å². The zero-order valence-corrected chi connectivity index (χ0v) is 14.3. The summed E-state index contributed by atoms with van der Waals surface area (Å²) in [5.41, 5.74) is 2.71. The highest BCUT2D eigenvalue weighted by Gasteiger charge is 2.22. The highest BCUT2D eigenvalue weighted by atomic mass is 127. The topological polar surface area (TPSA) is 12.0 Å². The lowest BCUT2D eigenvalue weighted by atomic mass is 9.94. The highest BCUT2D eigenvalue weighted by molar-refractivity contribution is 14.1. The first-order chi connectivity index (χ1) is 8.72. The summed E-state index contributed by atoms with van der Waals surface area (Å²) >= 11 is 7.85. The van der Waals surface area contributed by atoms with Crippen LogP contribution in [0.2, 0.25) is 0 Å². The summed E-state index contributed by atoms with van der Waals surface area (Å²) in [6, 6.07) is 11.3. The molecule has 0 fully saturated rings. The molecule has 0 saturated heterocycles. The lowest BCUT2D eigenvalue weighted by Crippen LogP contribution is -2.15. The van der Waals surface area contributed by atoms with Crippen LogP contribution in [0.4, 0.5) is 5.69 Å². The van der Waals surface area contributed by atoms with Gasteiger partial charge >= 0.3 is 0 Å². The van der Waals surface area contributed by atoms with Gasteiger partial charge in [-0.05, 0) is 87.6 Å². The molecule has 1 unspecified atom stereocenters. The van der Waals surface area contributed by atoms with Crippen molar-refractivity contribution in [1.29, 1.82) is 0 Å². The molecule has 1 aliphatic rings. The van der Waals surface area contributed by atoms with Crippen LogP contribution in [0.25, 0.3) is 0 Å². The largest absolute Gasteiger partial charge is 0.378 e. The minimum absolute atomic E-state index is 0.467. The number of benzene rings is 1. The third-order valence-corrected chi connectivity index (χ3v) is 5.63. The lowest BCUT2D eigenvalue weighted by molar-refractivity contribution is 0.609. The number of aryl methyl sites for hydroxylation is 1. The Bertz CT molecular complexity index is 567. The number of hydrogen-bond acceptors (Lipinski definition) is 2. The third kappa shape index (κ3) is 2.75. The van der Waals surface area contributed by atoms with Gasteiger partial charge in [0.15, 0.2) is 0 Å². The van der Waals surface area contributed by atoms with Crippen LogP contribution in [0.3, 0.4) is 0 Å². The lowest BCUT2D eigenvalue weighted by Gasteiger charge is -2.24. The Morgan fingerprint density at radius 1 is 1.33 bits per heavy atom. The molecule has 1 aromatic carbocycles. The zero-order valence-electron chi connectivity index (χ0n) is 9.75. The van der Waals surface area contributed by atoms with Crippen molar-refractivity contribution in [2.75, 3.05) is 5.32 Å². The Labute approximate surface area is 133 Å². The number of hydrogen-bond donors (Lipinski definition) is 1. The Balaban J connectivity index is 1.86. The molecule has 0 spiro atoms. The molecule has 1 heterocycles. The molecule has 94 valence electrons. The van der Waals surface area contributed by atoms with Crippen LogP contribution in [0.15, 0.2) is 34.1 Å². The minimum atomic E-state index is 0.467. The van der Waals surface area contributed by atoms with Crippen molar-refractivity contribution in [3.8, 4) is 0 Å². The molecule has 0 aliphatic heterocycles. The number of anilines is 1. The predicted octanol–water partition coefficient (Wildman–Crippen LogP) is 5.60. The molecule has 4 heteroatoms. The van der Waals surface area contributed by atoms with E-state index in [4.69, 9.17) is 0 Å². The molecule has 0 amide bonds. The molecule has 1 aromatic heterocycles. The molecule has 3 rings (SSSR count). The van der Waals surface area contributed by atoms with Crippen molar-refractivity contribution in [3.05, 3.63) is 48.1 Å². The van der Waals surface area contributed by atoms with Gasteiger partial charge < -0.3 is 5.32 Å². The monoisotopic (exact) mass is 433 g/mol. The molecule has 0 radical (unpaired) electrons. The first-order valence-electron chi connectivity index (χ1n) is 6.02. The molecule has 18 heavy (non-hydrogen) atoms. The summed E-state index contributed by atoms with van der Waals surface area (Å²) in [6.07, 6.45) is 3.74. The summed E-state index contributed by atoms with van der Waals surface area (Å²) in [5.74, 6) is 0. The summed E-state index contributed by atoms with van der Waals surface area (Å²) in [5, 5.41) is 3.67. The van der Waals surface area contributed by atoms with Gasteiger partial charge in [0.2, 0.25) is 0 Å². The maximum absolute atomic E-state index is 3.67. The van der Waals surface area contributed by atoms with Crippen molar-refractivity contribution >= 4 is 55.5 Å². The van der Waals surface area contributed by atoms with Crippen LogP contribution in [-0.2, 0) is 6.42 Å². The molecule has 0 saturated carbocycles. The Morgan fingerprint density at radius 3 is 3.06 bits per heavy atom. The van der Waals surface area contributed by atoms with Gasteiger partial charge in [0, 0.05) is 14.1 Å². The van der Waals surface area contributed by atoms with E-state index in [1.807, 2.05) is 11.3 Å². The second-order valence-electron chi connectivity index (χ2n) is 4.53. The zero-order chi connectivity index (χ0) is 12.5. The van der Waals surface area contributed by atoms with Gasteiger partial charge in [-0.15, -0.1) is 11.3 Å². The van der Waals surface area contributed by atoms with Crippen LogP contribution in [0.5, 0.6) is 0 Å². The maximum atomic E-state index is 3.67. The summed E-state index contributed by atoms with van der Waals surface area (Å²) in [6.45, 7) is 0. The quantitative estimate of drug-likeness (QED) is 0.607. The van der Waals surface area contributed by atoms with Crippen LogP contribution in [0, 0.1) is 3.57 Å². The van der Waals surface area contributed by atoms with E-state index in [2.05, 4.69) is 74.2 Å². The van der Waals surface area contributed by atoms with Crippen LogP contribution >= 0.6 is 49.9 Å². The summed E-state index contributed by atoms with van der Waals surface area (Å²) in [4.78, 5) is 1.54. The molecule has 1 N–H and O–H groups in total. The smallest absolute Gasteiger partial charge is 0.0705 e. The van der Waals surface area contributed by atoms with Crippen LogP contribution in [-0.4, -0.2) is 0 Å². The van der Waals surface area contributed by atoms with Crippen molar-refractivity contribution in [1.82, 2.24) is 0 Å². The van der Waals surface area contributed by atoms with Crippen molar-refractivity contribution in [2.45, 2.75) is 25.3 Å². The van der Waals surface area contributed by atoms with E-state index in [1.54, 1.807) is 0 Å². The minimum Gasteiger partial charge on any atom is -0.378 e. The molecule has 1 aliphatic carbocycles. The SMILES string of the molecule is Brc1cc2c(s1)CCCC2Nc1cccc(I)c1. The molecular weight excluding hydrogens is 421 g/mol. The number of nitrogens with one attached hydrogen (secondary N) is 1. The fraction of sp³-hybridized carbons (Fsp3) is 0.286. The van der Waals surface area contributed by atoms with E-state index in [1.165, 1.54) is 42.7 Å². The summed E-state index contributed by atoms with van der Waals surface area (Å²) < 4.78 is 2.53. The number of halogens is 2. The van der Waals surface area contributed by atoms with E-state index in [0.29, 0.717) is 6.04 Å². The molecule has 1 atom stereocenters. The van der Waals surface area contributed by atoms with Gasteiger partial charge in [0.1, 0.15) is 0 Å². The Kier molecular flexibility index (Phi) is 3.96. The van der Waals surface area contributed by atoms with Gasteiger partial charge in [0.05, 0.1) is 9.83 Å². The van der Waals surface area contributed by atoms with Gasteiger partial charge in [-0.3, -0.25) is 0 Å². The third-order valence-electron chi connectivity index (χ3n) is 3.25. The Hall–Kier alpha value is -0.0700. The van der Waals surface area contributed by atoms with E-state index >= 15 is 0 Å². The Morgan fingerprint density at radius 2 is 2.22 bits per heavy atom. The number of fused-ring (bicyclic) bond motifs is 1. The highest BCUT2D eigenvalue weighted by Crippen LogP contribution is 2.39. The molecule has 0 bridgehead atoms. The predicted molar refractivity (Wildman–Crippen MR) is 90.5 cm³/mol. The first kappa shape index (κ1) is 12.9. The average molecular weight is 434 g/mol. The van der Waals surface area contributed by atoms with E-state index in [-0.39, 0.29) is 0 Å². The molecule has 1 nitrogen and oxygen atoms in total. The standard InChI is InChI=1S/C14H13BrINS/c15-14-8-11-12(5-2-6-13(11)18-14)17-10-4-1-3-9(16)7-10/h1,3-4,7-8,12,17H,2,5-6H2. The second-order valence-corrected chi connectivity index (χ2v) is 8.29. The van der Waals surface area contributed by atoms with E-state index in [9.17, 15) is 0 Å². The van der Waals surface area contributed by atoms with Gasteiger partial charge in [-0.1, -0.05) is 6.07 Å². The van der Waals surface area contributed by atoms with E-state index in [0.717, 1.165) is 0 Å². The number of thiophene rings is 1. The average Bonchev–Trinajstić information content (AvgIpc) is 2.71. The van der Waals surface area contributed by atoms with Gasteiger partial charge in [0.25, 0.3) is 0 Å². The second kappa shape index (κ2) is 5.51. The fourth-order valence-corrected chi connectivity index (χ4v) is 4.81. The number of rotatable bonds is 2. The van der Waals surface area contributed by atoms with Crippen molar-refractivity contribution in [3.63, 3.8) is 0 Å². The van der Waals surface area contributed by atoms with Crippen molar-refractivity contribution < 1.29 is 0 Å². The first-order valence-corrected chi connectivity index (χ1v) is 8.71. The maximum Gasteiger partial charge on any atom is 0.0705 e. The molecular formula is C14H13BrINS. The fourth-order valence-electron chi connectivity index (χ4n) is 2.45. The van der Waals surface area contributed by atoms with Gasteiger partial charge in [-0.25, -0.2) is 0 Å². The summed E-state index contributed by atoms with van der Waals surface area (Å²) in [7, 11) is 0. The molecule has 2 aromatic rings. The van der Waals surface area contributed by atoms with Gasteiger partial charge in [-0.2, -0.15) is 0 Å². The van der Waals surface area contributed by atoms with Crippen LogP contribution in [0.1, 0.15) is 29.3 Å². The normalized spacial score (nSPS) is 18.4.